The van der Waals surface area contributed by atoms with Crippen LogP contribution in [-0.2, 0) is 22.4 Å². The van der Waals surface area contributed by atoms with Crippen molar-refractivity contribution in [2.45, 2.75) is 70.2 Å². The lowest BCUT2D eigenvalue weighted by Gasteiger charge is -2.28. The highest BCUT2D eigenvalue weighted by atomic mass is 19.4. The molecule has 0 heterocycles. The minimum Gasteiger partial charge on any atom is -0.481 e. The molecule has 0 spiro atoms. The number of benzene rings is 2. The summed E-state index contributed by atoms with van der Waals surface area (Å²) >= 11 is 0. The molecule has 206 valence electrons. The van der Waals surface area contributed by atoms with Gasteiger partial charge in [0.05, 0.1) is 6.10 Å². The molecule has 0 saturated carbocycles. The maximum atomic E-state index is 14.2. The fraction of sp³-hybridized carbons (Fsp3) is 0.462. The summed E-state index contributed by atoms with van der Waals surface area (Å²) in [5.41, 5.74) is 1.37. The third-order valence-corrected chi connectivity index (χ3v) is 5.46. The van der Waals surface area contributed by atoms with Gasteiger partial charge in [-0.2, -0.15) is 13.2 Å². The standard InChI is InChI=1S/C24H31F2NO3.C2HF3O2/c1-24(2,13-7-11-17-8-4-3-5-9-17)27-16-21(28)19-14-18(10-6-12-22(29)30)15-20(25)23(19)26;3-2(4,5)1(6)7/h3-5,8-9,14-15,21,27-28H,6-7,10-13,16H2,1-2H3,(H,29,30);(H,6,7)/t21-;/m1./s1. The minimum absolute atomic E-state index is 0.0460. The topological polar surface area (TPSA) is 107 Å². The van der Waals surface area contributed by atoms with Gasteiger partial charge in [0.15, 0.2) is 11.6 Å². The summed E-state index contributed by atoms with van der Waals surface area (Å²) in [5.74, 6) is -5.78. The van der Waals surface area contributed by atoms with Crippen LogP contribution in [-0.4, -0.2) is 45.5 Å². The molecule has 2 aromatic carbocycles. The molecule has 0 aliphatic carbocycles. The molecule has 0 radical (unpaired) electrons. The van der Waals surface area contributed by atoms with Crippen LogP contribution in [0.2, 0.25) is 0 Å². The predicted molar refractivity (Wildman–Crippen MR) is 127 cm³/mol. The summed E-state index contributed by atoms with van der Waals surface area (Å²) in [6.45, 7) is 4.13. The summed E-state index contributed by atoms with van der Waals surface area (Å²) in [6.07, 6.45) is -2.93. The molecule has 0 aromatic heterocycles. The molecule has 2 aromatic rings. The quantitative estimate of drug-likeness (QED) is 0.271. The number of β-amino-alcohol motifs (C(OH)–C–C–N with tert-alkyl or cyclic N) is 1. The SMILES string of the molecule is CC(C)(CCCc1ccccc1)NC[C@@H](O)c1cc(CCCC(=O)O)cc(F)c1F.O=C(O)C(F)(F)F. The highest BCUT2D eigenvalue weighted by Crippen LogP contribution is 2.24. The lowest BCUT2D eigenvalue weighted by Crippen LogP contribution is -2.41. The Morgan fingerprint density at radius 1 is 0.946 bits per heavy atom. The van der Waals surface area contributed by atoms with Gasteiger partial charge in [-0.25, -0.2) is 13.6 Å². The molecule has 0 unspecified atom stereocenters. The van der Waals surface area contributed by atoms with Gasteiger partial charge in [0.1, 0.15) is 0 Å². The maximum Gasteiger partial charge on any atom is 0.490 e. The molecule has 37 heavy (non-hydrogen) atoms. The van der Waals surface area contributed by atoms with Crippen LogP contribution in [0.5, 0.6) is 0 Å². The Kier molecular flexibility index (Phi) is 12.6. The number of aliphatic hydroxyl groups is 1. The average molecular weight is 534 g/mol. The fourth-order valence-corrected chi connectivity index (χ4v) is 3.45. The number of carboxylic acids is 2. The molecular weight excluding hydrogens is 501 g/mol. The number of aryl methyl sites for hydroxylation is 2. The van der Waals surface area contributed by atoms with Crippen molar-refractivity contribution in [1.29, 1.82) is 0 Å². The monoisotopic (exact) mass is 533 g/mol. The van der Waals surface area contributed by atoms with Crippen molar-refractivity contribution in [3.8, 4) is 0 Å². The smallest absolute Gasteiger partial charge is 0.481 e. The second-order valence-corrected chi connectivity index (χ2v) is 9.15. The molecule has 0 bridgehead atoms. The molecule has 0 aliphatic rings. The van der Waals surface area contributed by atoms with Crippen molar-refractivity contribution >= 4 is 11.9 Å². The number of carboxylic acid groups (broad SMARTS) is 2. The van der Waals surface area contributed by atoms with Gasteiger partial charge in [-0.15, -0.1) is 0 Å². The van der Waals surface area contributed by atoms with Gasteiger partial charge in [0.2, 0.25) is 0 Å². The molecule has 0 saturated heterocycles. The highest BCUT2D eigenvalue weighted by molar-refractivity contribution is 5.73. The number of rotatable bonds is 12. The van der Waals surface area contributed by atoms with Crippen molar-refractivity contribution in [2.75, 3.05) is 6.54 Å². The third-order valence-electron chi connectivity index (χ3n) is 5.46. The molecule has 0 amide bonds. The van der Waals surface area contributed by atoms with Gasteiger partial charge >= 0.3 is 18.1 Å². The Morgan fingerprint density at radius 3 is 2.05 bits per heavy atom. The molecular formula is C26H32F5NO5. The Hall–Kier alpha value is -3.05. The first-order chi connectivity index (χ1) is 17.1. The zero-order valence-corrected chi connectivity index (χ0v) is 20.6. The third kappa shape index (κ3) is 12.7. The van der Waals surface area contributed by atoms with Crippen LogP contribution in [0.15, 0.2) is 42.5 Å². The van der Waals surface area contributed by atoms with Crippen LogP contribution in [0.1, 0.15) is 62.3 Å². The fourth-order valence-electron chi connectivity index (χ4n) is 3.45. The first-order valence-electron chi connectivity index (χ1n) is 11.6. The Bertz CT molecular complexity index is 1010. The molecule has 0 fully saturated rings. The van der Waals surface area contributed by atoms with E-state index < -0.39 is 35.9 Å². The van der Waals surface area contributed by atoms with Crippen LogP contribution >= 0.6 is 0 Å². The van der Waals surface area contributed by atoms with E-state index in [4.69, 9.17) is 15.0 Å². The summed E-state index contributed by atoms with van der Waals surface area (Å²) in [6, 6.07) is 12.7. The van der Waals surface area contributed by atoms with Gasteiger partial charge in [0.25, 0.3) is 0 Å². The lowest BCUT2D eigenvalue weighted by molar-refractivity contribution is -0.192. The van der Waals surface area contributed by atoms with Crippen LogP contribution in [0.3, 0.4) is 0 Å². The molecule has 2 rings (SSSR count). The van der Waals surface area contributed by atoms with E-state index in [1.54, 1.807) is 0 Å². The van der Waals surface area contributed by atoms with Gasteiger partial charge in [-0.1, -0.05) is 36.4 Å². The van der Waals surface area contributed by atoms with Crippen molar-refractivity contribution in [2.24, 2.45) is 0 Å². The summed E-state index contributed by atoms with van der Waals surface area (Å²) in [7, 11) is 0. The normalized spacial score (nSPS) is 12.4. The zero-order chi connectivity index (χ0) is 28.2. The van der Waals surface area contributed by atoms with E-state index >= 15 is 0 Å². The van der Waals surface area contributed by atoms with E-state index in [9.17, 15) is 31.9 Å². The highest BCUT2D eigenvalue weighted by Gasteiger charge is 2.38. The van der Waals surface area contributed by atoms with E-state index in [0.29, 0.717) is 18.4 Å². The first-order valence-corrected chi connectivity index (χ1v) is 11.6. The molecule has 11 heteroatoms. The largest absolute Gasteiger partial charge is 0.490 e. The molecule has 0 aliphatic heterocycles. The first kappa shape index (κ1) is 32.0. The number of hydrogen-bond donors (Lipinski definition) is 4. The molecule has 1 atom stereocenters. The molecule has 6 nitrogen and oxygen atoms in total. The van der Waals surface area contributed by atoms with Gasteiger partial charge in [0, 0.05) is 24.1 Å². The number of carbonyl (C=O) groups is 2. The van der Waals surface area contributed by atoms with Gasteiger partial charge in [-0.05, 0) is 63.1 Å². The number of halogens is 5. The van der Waals surface area contributed by atoms with Crippen molar-refractivity contribution < 1.29 is 46.9 Å². The number of alkyl halides is 3. The Labute approximate surface area is 212 Å². The van der Waals surface area contributed by atoms with Crippen molar-refractivity contribution in [3.05, 3.63) is 70.8 Å². The maximum absolute atomic E-state index is 14.2. The molecule has 4 N–H and O–H groups in total. The van der Waals surface area contributed by atoms with Gasteiger partial charge in [-0.3, -0.25) is 4.79 Å². The second-order valence-electron chi connectivity index (χ2n) is 9.15. The Balaban J connectivity index is 0.000000856. The van der Waals surface area contributed by atoms with E-state index in [1.165, 1.54) is 11.6 Å². The zero-order valence-electron chi connectivity index (χ0n) is 20.6. The number of aliphatic carboxylic acids is 2. The van der Waals surface area contributed by atoms with Gasteiger partial charge < -0.3 is 20.6 Å². The van der Waals surface area contributed by atoms with Crippen LogP contribution in [0.25, 0.3) is 0 Å². The van der Waals surface area contributed by atoms with Crippen LogP contribution < -0.4 is 5.32 Å². The number of hydrogen-bond acceptors (Lipinski definition) is 4. The number of aliphatic hydroxyl groups excluding tert-OH is 1. The lowest BCUT2D eigenvalue weighted by atomic mass is 9.94. The van der Waals surface area contributed by atoms with Crippen molar-refractivity contribution in [3.63, 3.8) is 0 Å². The van der Waals surface area contributed by atoms with Crippen LogP contribution in [0, 0.1) is 11.6 Å². The Morgan fingerprint density at radius 2 is 1.51 bits per heavy atom. The predicted octanol–water partition coefficient (Wildman–Crippen LogP) is 5.43. The minimum atomic E-state index is -5.08. The van der Waals surface area contributed by atoms with E-state index in [1.807, 2.05) is 32.0 Å². The number of nitrogens with one attached hydrogen (secondary N) is 1. The summed E-state index contributed by atoms with van der Waals surface area (Å²) in [5, 5.41) is 29.6. The van der Waals surface area contributed by atoms with E-state index in [2.05, 4.69) is 17.4 Å². The second kappa shape index (κ2) is 14.6. The summed E-state index contributed by atoms with van der Waals surface area (Å²) < 4.78 is 59.9. The average Bonchev–Trinajstić information content (AvgIpc) is 2.80. The van der Waals surface area contributed by atoms with E-state index in [-0.39, 0.29) is 24.1 Å². The van der Waals surface area contributed by atoms with Crippen LogP contribution in [0.4, 0.5) is 22.0 Å². The van der Waals surface area contributed by atoms with E-state index in [0.717, 1.165) is 25.3 Å². The van der Waals surface area contributed by atoms with Crippen molar-refractivity contribution in [1.82, 2.24) is 5.32 Å². The summed E-state index contributed by atoms with van der Waals surface area (Å²) in [4.78, 5) is 19.5.